The first kappa shape index (κ1) is 241. The molecule has 0 aliphatic carbocycles. The average Bonchev–Trinajstić information content (AvgIpc) is 0.828. The van der Waals surface area contributed by atoms with Gasteiger partial charge in [0.1, 0.15) is 31.8 Å². The molecule has 6 aromatic rings. The summed E-state index contributed by atoms with van der Waals surface area (Å²) in [5, 5.41) is 8.61. The molecule has 0 fully saturated rings. The van der Waals surface area contributed by atoms with Crippen LogP contribution in [-0.2, 0) is 365 Å². The van der Waals surface area contributed by atoms with E-state index in [-0.39, 0.29) is 356 Å². The molecule has 0 unspecified atom stereocenters. The molecule has 44 heteroatoms. The van der Waals surface area contributed by atoms with Gasteiger partial charge in [-0.3, -0.25) is 9.59 Å². The second-order valence-electron chi connectivity index (χ2n) is 22.4. The molecule has 0 aliphatic rings. The van der Waals surface area contributed by atoms with Gasteiger partial charge in [0, 0.05) is 197 Å². The molecule has 0 N–H and O–H groups in total. The predicted octanol–water partition coefficient (Wildman–Crippen LogP) is 12.7. The van der Waals surface area contributed by atoms with Crippen molar-refractivity contribution in [3.05, 3.63) is 182 Å². The first-order valence-electron chi connectivity index (χ1n) is 31.9. The first-order valence-corrected chi connectivity index (χ1v) is 34.9. The van der Waals surface area contributed by atoms with Gasteiger partial charge in [0.25, 0.3) is 0 Å². The molecule has 6 rings (SSSR count). The van der Waals surface area contributed by atoms with Gasteiger partial charge in [-0.2, -0.15) is 0 Å². The molecule has 728 valence electrons. The van der Waals surface area contributed by atoms with Crippen molar-refractivity contribution >= 4 is 60.5 Å². The Balaban J connectivity index is -0.0000000196. The van der Waals surface area contributed by atoms with Gasteiger partial charge in [-0.25, -0.2) is 0 Å². The van der Waals surface area contributed by atoms with E-state index in [0.717, 1.165) is 12.8 Å². The molecule has 0 aromatic heterocycles. The summed E-state index contributed by atoms with van der Waals surface area (Å²) >= 11 is 0. The van der Waals surface area contributed by atoms with Gasteiger partial charge in [0.05, 0.1) is 68.2 Å². The van der Waals surface area contributed by atoms with Crippen LogP contribution in [0.1, 0.15) is 158 Å². The van der Waals surface area contributed by atoms with Crippen molar-refractivity contribution in [3.63, 3.8) is 0 Å². The van der Waals surface area contributed by atoms with E-state index in [0.29, 0.717) is 0 Å². The van der Waals surface area contributed by atoms with Crippen LogP contribution < -0.4 is 31.8 Å². The summed E-state index contributed by atoms with van der Waals surface area (Å²) < 4.78 is 2.84. The van der Waals surface area contributed by atoms with E-state index < -0.39 is 15.8 Å². The third-order valence-corrected chi connectivity index (χ3v) is 20.1. The molecule has 32 nitrogen and oxygen atoms in total. The Bertz CT molecular complexity index is 2030. The molecule has 0 heterocycles. The number of quaternary nitrogens is 2. The molecular formula is C74H118Ag2Mo8N4O28P2-46. The molecule has 0 saturated carbocycles. The number of nitrogens with zero attached hydrogens (tertiary/aromatic N) is 4. The number of hydrogen-bond acceptors (Lipinski definition) is 2. The van der Waals surface area contributed by atoms with E-state index in [2.05, 4.69) is 237 Å². The van der Waals surface area contributed by atoms with Crippen molar-refractivity contribution in [1.29, 1.82) is 0 Å². The topological polar surface area (TPSA) is 782 Å². The fraction of sp³-hybridized carbons (Fsp3) is 0.486. The SMILES string of the molecule is CCCC[N+](CCCC)(CCCC)CCCC.CCCC[N+](CCCC)(CCCC)CCCC.CN(C)C=O.CN(C)C=O.[Ag+].[Ag+].[Mo].[Mo].[Mo].[Mo].[Mo].[Mo].[Mo].[Mo].[O-2].[O-2].[O-2].[O-2].[O-2].[O-2].[O-2].[O-2].[O-2].[O-2].[O-2].[O-2].[O-2].[O-2].[O-2].[O-2].[O-2].[O-2].[O-2].[O-2].[O-2].[O-2].[O-2].[O-2].[O-2].[O-2].c1ccc([PH+](c2ccccc2)c2ccccc2)cc1.c1ccc([PH+](c2ccccc2)c2ccccc2)cc1. The van der Waals surface area contributed by atoms with Gasteiger partial charge in [-0.15, -0.1) is 0 Å². The van der Waals surface area contributed by atoms with Gasteiger partial charge < -0.3 is 161 Å². The van der Waals surface area contributed by atoms with Crippen LogP contribution in [0.2, 0.25) is 0 Å². The van der Waals surface area contributed by atoms with Gasteiger partial charge in [-0.1, -0.05) is 216 Å². The standard InChI is InChI=1S/2C18H15P.2C16H36N.2C3H7NO.2Ag.8Mo.26O/c2*1-4-10-16(11-5-1)19(17-12-6-2-7-13-17)18-14-8-3-9-15-18;2*1-5-9-13-17(14-10-6-2,15-11-7-3)16-12-8-4;2*1-4(2)3-5;;;;;;;;;;;;;;;;;;;;;;;;;;;;;;;;;;;;/h2*1-15H;2*5-16H2,1-4H3;2*3H,1-2H3;;;;;;;;;;;;;;;;;;;;;;;;;;;;;;;;;;;;/q;;2*+1;;;2*+1;;;;;;;;;26*-2/p+2. The molecular weight excluding hydrogens is 2440 g/mol. The Hall–Kier alpha value is 0.987. The van der Waals surface area contributed by atoms with Crippen LogP contribution in [-0.4, -0.2) is 112 Å². The van der Waals surface area contributed by atoms with Crippen LogP contribution in [0.4, 0.5) is 0 Å². The molecule has 0 aliphatic heterocycles. The fourth-order valence-electron chi connectivity index (χ4n) is 9.92. The second-order valence-corrected chi connectivity index (χ2v) is 27.3. The maximum absolute atomic E-state index is 9.43. The van der Waals surface area contributed by atoms with E-state index >= 15 is 0 Å². The molecule has 0 saturated heterocycles. The molecule has 0 atom stereocenters. The monoisotopic (exact) mass is 2570 g/mol. The van der Waals surface area contributed by atoms with Gasteiger partial charge in [-0.05, 0) is 124 Å². The van der Waals surface area contributed by atoms with Crippen molar-refractivity contribution < 1.29 is 374 Å². The van der Waals surface area contributed by atoms with Crippen molar-refractivity contribution in [2.75, 3.05) is 80.5 Å². The quantitative estimate of drug-likeness (QED) is 0.0172. The fourth-order valence-corrected chi connectivity index (χ4v) is 15.1. The zero-order valence-electron chi connectivity index (χ0n) is 68.5. The number of amides is 2. The average molecular weight is 2560 g/mol. The van der Waals surface area contributed by atoms with Crippen molar-refractivity contribution in [1.82, 2.24) is 9.80 Å². The molecule has 2 amide bonds. The van der Waals surface area contributed by atoms with E-state index in [1.165, 1.54) is 206 Å². The smallest absolute Gasteiger partial charge is 1.00 e. The van der Waals surface area contributed by atoms with Crippen LogP contribution in [0.3, 0.4) is 0 Å². The normalized spacial score (nSPS) is 7.44. The van der Waals surface area contributed by atoms with Crippen molar-refractivity contribution in [2.24, 2.45) is 0 Å². The largest absolute Gasteiger partial charge is 2.00 e. The summed E-state index contributed by atoms with van der Waals surface area (Å²) in [6.07, 6.45) is 23.6. The summed E-state index contributed by atoms with van der Waals surface area (Å²) in [5.41, 5.74) is 0. The second kappa shape index (κ2) is 165. The summed E-state index contributed by atoms with van der Waals surface area (Å²) in [7, 11) is 5.00. The van der Waals surface area contributed by atoms with E-state index in [9.17, 15) is 9.59 Å². The Kier molecular flexibility index (Phi) is 336. The van der Waals surface area contributed by atoms with E-state index in [1.807, 2.05) is 0 Å². The minimum absolute atomic E-state index is 0. The molecule has 0 radical (unpaired) electrons. The number of carbonyl (C=O) groups is 2. The summed E-state index contributed by atoms with van der Waals surface area (Å²) in [4.78, 5) is 21.8. The Morgan fingerprint density at radius 3 is 0.364 bits per heavy atom. The predicted molar refractivity (Wildman–Crippen MR) is 389 cm³/mol. The summed E-state index contributed by atoms with van der Waals surface area (Å²) in [5.74, 6) is 0. The van der Waals surface area contributed by atoms with E-state index in [4.69, 9.17) is 0 Å². The van der Waals surface area contributed by atoms with Crippen molar-refractivity contribution in [2.45, 2.75) is 158 Å². The molecule has 6 aromatic carbocycles. The van der Waals surface area contributed by atoms with Crippen LogP contribution in [0.25, 0.3) is 0 Å². The Morgan fingerprint density at radius 2 is 0.297 bits per heavy atom. The van der Waals surface area contributed by atoms with Crippen LogP contribution >= 0.6 is 15.8 Å². The minimum Gasteiger partial charge on any atom is -2.00 e. The van der Waals surface area contributed by atoms with Crippen LogP contribution in [0.15, 0.2) is 182 Å². The number of unbranched alkanes of at least 4 members (excludes halogenated alkanes) is 8. The third kappa shape index (κ3) is 115. The first-order chi connectivity index (χ1) is 39.9. The number of rotatable bonds is 32. The van der Waals surface area contributed by atoms with Crippen LogP contribution in [0.5, 0.6) is 0 Å². The zero-order valence-corrected chi connectivity index (χ0v) is 89.6. The Morgan fingerprint density at radius 1 is 0.212 bits per heavy atom. The van der Waals surface area contributed by atoms with Gasteiger partial charge in [0.2, 0.25) is 12.8 Å². The number of carbonyl (C=O) groups excluding carboxylic acids is 2. The molecule has 118 heavy (non-hydrogen) atoms. The van der Waals surface area contributed by atoms with Crippen molar-refractivity contribution in [3.8, 4) is 0 Å². The molecule has 0 spiro atoms. The zero-order chi connectivity index (χ0) is 60.4. The van der Waals surface area contributed by atoms with E-state index in [1.54, 1.807) is 28.2 Å². The van der Waals surface area contributed by atoms with Crippen LogP contribution in [0, 0.1) is 0 Å². The third-order valence-electron chi connectivity index (χ3n) is 14.7. The molecule has 0 bridgehead atoms. The number of hydrogen-bond donors (Lipinski definition) is 0. The Labute approximate surface area is 855 Å². The number of benzene rings is 6. The summed E-state index contributed by atoms with van der Waals surface area (Å²) in [6.45, 7) is 30.0. The van der Waals surface area contributed by atoms with Gasteiger partial charge >= 0.3 is 44.8 Å². The minimum atomic E-state index is -0.877. The summed E-state index contributed by atoms with van der Waals surface area (Å²) in [6, 6.07) is 65.0. The van der Waals surface area contributed by atoms with Gasteiger partial charge in [0.15, 0.2) is 0 Å². The maximum atomic E-state index is 9.43. The maximum Gasteiger partial charge on any atom is 1.00 e.